The van der Waals surface area contributed by atoms with Crippen LogP contribution in [-0.2, 0) is 14.3 Å². The fourth-order valence-electron chi connectivity index (χ4n) is 4.91. The molecule has 0 saturated carbocycles. The first kappa shape index (κ1) is 23.8. The molecule has 0 aromatic heterocycles. The molecule has 1 aliphatic heterocycles. The van der Waals surface area contributed by atoms with Crippen molar-refractivity contribution in [3.05, 3.63) is 59.7 Å². The Kier molecular flexibility index (Phi) is 7.17. The summed E-state index contributed by atoms with van der Waals surface area (Å²) < 4.78 is 5.61. The number of rotatable bonds is 8. The maximum absolute atomic E-state index is 13.2. The monoisotopic (exact) mass is 465 g/mol. The molecule has 34 heavy (non-hydrogen) atoms. The molecule has 8 nitrogen and oxygen atoms in total. The van der Waals surface area contributed by atoms with Crippen molar-refractivity contribution in [3.8, 4) is 11.1 Å². The Morgan fingerprint density at radius 2 is 1.71 bits per heavy atom. The Morgan fingerprint density at radius 3 is 2.29 bits per heavy atom. The van der Waals surface area contributed by atoms with Gasteiger partial charge in [-0.1, -0.05) is 48.5 Å². The van der Waals surface area contributed by atoms with Crippen molar-refractivity contribution in [2.75, 3.05) is 33.8 Å². The second-order valence-corrected chi connectivity index (χ2v) is 9.14. The molecule has 8 heteroatoms. The molecule has 4 rings (SSSR count). The topological polar surface area (TPSA) is 99.2 Å². The summed E-state index contributed by atoms with van der Waals surface area (Å²) in [6, 6.07) is 14.5. The number of likely N-dealkylation sites (tertiary alicyclic amines) is 1. The van der Waals surface area contributed by atoms with Gasteiger partial charge in [0, 0.05) is 12.5 Å². The Morgan fingerprint density at radius 1 is 1.09 bits per heavy atom. The number of nitrogens with zero attached hydrogens (tertiary/aromatic N) is 2. The highest BCUT2D eigenvalue weighted by Gasteiger charge is 2.38. The number of ether oxygens (including phenoxy) is 1. The van der Waals surface area contributed by atoms with Crippen LogP contribution in [0.4, 0.5) is 4.79 Å². The van der Waals surface area contributed by atoms with Crippen molar-refractivity contribution >= 4 is 18.0 Å². The molecule has 180 valence electrons. The number of aliphatic carboxylic acids is 1. The molecule has 2 atom stereocenters. The minimum Gasteiger partial charge on any atom is -0.480 e. The van der Waals surface area contributed by atoms with Gasteiger partial charge in [0.2, 0.25) is 5.91 Å². The van der Waals surface area contributed by atoms with Crippen LogP contribution in [0.3, 0.4) is 0 Å². The van der Waals surface area contributed by atoms with Crippen LogP contribution in [0.5, 0.6) is 0 Å². The van der Waals surface area contributed by atoms with E-state index in [4.69, 9.17) is 4.74 Å². The minimum absolute atomic E-state index is 0.0796. The van der Waals surface area contributed by atoms with Crippen LogP contribution in [0.2, 0.25) is 0 Å². The van der Waals surface area contributed by atoms with E-state index in [1.165, 1.54) is 4.90 Å². The number of nitrogens with one attached hydrogen (secondary N) is 1. The number of carbonyl (C=O) groups excluding carboxylic acids is 2. The molecule has 0 bridgehead atoms. The molecule has 2 aliphatic rings. The van der Waals surface area contributed by atoms with E-state index in [0.717, 1.165) is 22.3 Å². The first-order chi connectivity index (χ1) is 16.4. The Hall–Kier alpha value is -3.39. The van der Waals surface area contributed by atoms with Crippen LogP contribution < -0.4 is 5.32 Å². The van der Waals surface area contributed by atoms with Crippen LogP contribution >= 0.6 is 0 Å². The Bertz CT molecular complexity index is 1020. The van der Waals surface area contributed by atoms with Crippen LogP contribution in [-0.4, -0.2) is 78.8 Å². The fraction of sp³-hybridized carbons (Fsp3) is 0.423. The van der Waals surface area contributed by atoms with Crippen LogP contribution in [0.15, 0.2) is 48.5 Å². The Balaban J connectivity index is 1.44. The van der Waals surface area contributed by atoms with Gasteiger partial charge < -0.3 is 25.0 Å². The number of alkyl carbamates (subject to hydrolysis) is 1. The highest BCUT2D eigenvalue weighted by atomic mass is 16.5. The molecule has 1 unspecified atom stereocenters. The molecule has 2 N–H and O–H groups in total. The second-order valence-electron chi connectivity index (χ2n) is 9.14. The number of carboxylic acid groups (broad SMARTS) is 1. The summed E-state index contributed by atoms with van der Waals surface area (Å²) in [5.41, 5.74) is 4.50. The third kappa shape index (κ3) is 4.92. The zero-order chi connectivity index (χ0) is 24.2. The average Bonchev–Trinajstić information content (AvgIpc) is 3.43. The van der Waals surface area contributed by atoms with E-state index in [1.807, 2.05) is 55.4 Å². The number of carbonyl (C=O) groups is 3. The van der Waals surface area contributed by atoms with E-state index in [-0.39, 0.29) is 18.4 Å². The summed E-state index contributed by atoms with van der Waals surface area (Å²) in [5.74, 6) is -1.47. The smallest absolute Gasteiger partial charge is 0.407 e. The third-order valence-corrected chi connectivity index (χ3v) is 6.62. The Labute approximate surface area is 199 Å². The lowest BCUT2D eigenvalue weighted by molar-refractivity contribution is -0.149. The summed E-state index contributed by atoms with van der Waals surface area (Å²) in [6.45, 7) is 1.09. The van der Waals surface area contributed by atoms with Crippen molar-refractivity contribution in [2.24, 2.45) is 0 Å². The molecular weight excluding hydrogens is 434 g/mol. The largest absolute Gasteiger partial charge is 0.480 e. The van der Waals surface area contributed by atoms with Crippen LogP contribution in [0.25, 0.3) is 11.1 Å². The quantitative estimate of drug-likeness (QED) is 0.622. The molecule has 2 aromatic rings. The summed E-state index contributed by atoms with van der Waals surface area (Å²) >= 11 is 0. The summed E-state index contributed by atoms with van der Waals surface area (Å²) in [7, 11) is 3.76. The molecule has 1 aliphatic carbocycles. The minimum atomic E-state index is -1.02. The highest BCUT2D eigenvalue weighted by molar-refractivity contribution is 5.89. The van der Waals surface area contributed by atoms with Gasteiger partial charge >= 0.3 is 12.1 Å². The maximum atomic E-state index is 13.2. The van der Waals surface area contributed by atoms with E-state index in [2.05, 4.69) is 17.4 Å². The van der Waals surface area contributed by atoms with Gasteiger partial charge in [0.05, 0.1) is 0 Å². The van der Waals surface area contributed by atoms with E-state index in [1.54, 1.807) is 0 Å². The first-order valence-electron chi connectivity index (χ1n) is 11.7. The van der Waals surface area contributed by atoms with Crippen molar-refractivity contribution in [1.29, 1.82) is 0 Å². The lowest BCUT2D eigenvalue weighted by Gasteiger charge is -2.28. The number of amides is 2. The number of hydrogen-bond donors (Lipinski definition) is 2. The molecule has 1 saturated heterocycles. The van der Waals surface area contributed by atoms with Gasteiger partial charge in [-0.15, -0.1) is 0 Å². The van der Waals surface area contributed by atoms with E-state index in [9.17, 15) is 19.5 Å². The van der Waals surface area contributed by atoms with Crippen molar-refractivity contribution in [2.45, 2.75) is 37.3 Å². The van der Waals surface area contributed by atoms with Gasteiger partial charge in [-0.25, -0.2) is 9.59 Å². The van der Waals surface area contributed by atoms with Gasteiger partial charge in [-0.05, 0) is 62.2 Å². The van der Waals surface area contributed by atoms with Gasteiger partial charge in [-0.2, -0.15) is 0 Å². The van der Waals surface area contributed by atoms with Crippen LogP contribution in [0.1, 0.15) is 36.3 Å². The summed E-state index contributed by atoms with van der Waals surface area (Å²) in [5, 5.41) is 12.2. The molecule has 1 fully saturated rings. The number of hydrogen-bond acceptors (Lipinski definition) is 5. The molecule has 0 radical (unpaired) electrons. The average molecular weight is 466 g/mol. The molecular formula is C26H31N3O5. The van der Waals surface area contributed by atoms with E-state index >= 15 is 0 Å². The fourth-order valence-corrected chi connectivity index (χ4v) is 4.91. The normalized spacial score (nSPS) is 17.9. The third-order valence-electron chi connectivity index (χ3n) is 6.62. The lowest BCUT2D eigenvalue weighted by Crippen LogP contribution is -2.52. The second kappa shape index (κ2) is 10.3. The zero-order valence-corrected chi connectivity index (χ0v) is 19.6. The SMILES string of the molecule is CN(C)CCC(NC(=O)OCC1c2ccccc2-c2ccccc21)C(=O)N1CCC[C@@H]1C(=O)O. The van der Waals surface area contributed by atoms with Gasteiger partial charge in [0.15, 0.2) is 0 Å². The number of carboxylic acids is 1. The van der Waals surface area contributed by atoms with Gasteiger partial charge in [0.25, 0.3) is 0 Å². The molecule has 2 aromatic carbocycles. The van der Waals surface area contributed by atoms with Gasteiger partial charge in [-0.3, -0.25) is 4.79 Å². The zero-order valence-electron chi connectivity index (χ0n) is 19.6. The maximum Gasteiger partial charge on any atom is 0.407 e. The number of benzene rings is 2. The summed E-state index contributed by atoms with van der Waals surface area (Å²) in [6.07, 6.45) is 0.740. The van der Waals surface area contributed by atoms with Crippen molar-refractivity contribution in [1.82, 2.24) is 15.1 Å². The lowest BCUT2D eigenvalue weighted by atomic mass is 9.98. The van der Waals surface area contributed by atoms with Crippen molar-refractivity contribution < 1.29 is 24.2 Å². The first-order valence-corrected chi connectivity index (χ1v) is 11.7. The predicted molar refractivity (Wildman–Crippen MR) is 128 cm³/mol. The van der Waals surface area contributed by atoms with Crippen molar-refractivity contribution in [3.63, 3.8) is 0 Å². The van der Waals surface area contributed by atoms with Crippen LogP contribution in [0, 0.1) is 0 Å². The number of fused-ring (bicyclic) bond motifs is 3. The molecule has 1 heterocycles. The highest BCUT2D eigenvalue weighted by Crippen LogP contribution is 2.44. The summed E-state index contributed by atoms with van der Waals surface area (Å²) in [4.78, 5) is 40.8. The van der Waals surface area contributed by atoms with E-state index in [0.29, 0.717) is 32.4 Å². The molecule has 0 spiro atoms. The van der Waals surface area contributed by atoms with Gasteiger partial charge in [0.1, 0.15) is 18.7 Å². The predicted octanol–water partition coefficient (Wildman–Crippen LogP) is 2.92. The van der Waals surface area contributed by atoms with E-state index < -0.39 is 24.1 Å². The standard InChI is InChI=1S/C26H31N3O5/c1-28(2)15-13-22(24(30)29-14-7-12-23(29)25(31)32)27-26(33)34-16-21-19-10-5-3-8-17(19)18-9-4-6-11-20(18)21/h3-6,8-11,21-23H,7,12-16H2,1-2H3,(H,27,33)(H,31,32)/t22?,23-/m1/s1. The molecule has 2 amide bonds.